The maximum absolute atomic E-state index is 11.4. The number of carbonyl (C=O) groups excluding carboxylic acids is 1. The van der Waals surface area contributed by atoms with Crippen LogP contribution in [0.3, 0.4) is 0 Å². The van der Waals surface area contributed by atoms with E-state index in [1.54, 1.807) is 19.0 Å². The smallest absolute Gasteiger partial charge is 0.222 e. The molecule has 4 nitrogen and oxygen atoms in total. The van der Waals surface area contributed by atoms with Crippen molar-refractivity contribution in [1.82, 2.24) is 10.2 Å². The Labute approximate surface area is 131 Å². The van der Waals surface area contributed by atoms with Gasteiger partial charge in [-0.3, -0.25) is 4.79 Å². The van der Waals surface area contributed by atoms with Crippen LogP contribution in [0.1, 0.15) is 31.2 Å². The summed E-state index contributed by atoms with van der Waals surface area (Å²) in [6, 6.07) is 6.56. The third-order valence-electron chi connectivity index (χ3n) is 3.46. The molecule has 1 fully saturated rings. The summed E-state index contributed by atoms with van der Waals surface area (Å²) in [4.78, 5) is 13.0. The zero-order valence-electron chi connectivity index (χ0n) is 12.7. The van der Waals surface area contributed by atoms with Crippen LogP contribution in [0.4, 0.5) is 0 Å². The fourth-order valence-corrected chi connectivity index (χ4v) is 2.21. The molecule has 1 aliphatic rings. The van der Waals surface area contributed by atoms with E-state index < -0.39 is 0 Å². The van der Waals surface area contributed by atoms with Gasteiger partial charge in [0.1, 0.15) is 5.75 Å². The van der Waals surface area contributed by atoms with Gasteiger partial charge in [-0.2, -0.15) is 0 Å². The fraction of sp³-hybridized carbons (Fsp3) is 0.562. The van der Waals surface area contributed by atoms with Crippen LogP contribution in [-0.4, -0.2) is 37.6 Å². The average molecular weight is 311 g/mol. The van der Waals surface area contributed by atoms with Gasteiger partial charge in [0.05, 0.1) is 11.6 Å². The van der Waals surface area contributed by atoms with E-state index in [9.17, 15) is 4.79 Å². The number of hydrogen-bond donors (Lipinski definition) is 1. The van der Waals surface area contributed by atoms with Gasteiger partial charge in [0.25, 0.3) is 0 Å². The molecule has 0 atom stereocenters. The molecule has 0 spiro atoms. The van der Waals surface area contributed by atoms with Crippen molar-refractivity contribution in [1.29, 1.82) is 0 Å². The number of carbonyl (C=O) groups is 1. The lowest BCUT2D eigenvalue weighted by Crippen LogP contribution is -2.21. The summed E-state index contributed by atoms with van der Waals surface area (Å²) in [7, 11) is 3.52. The molecule has 0 unspecified atom stereocenters. The van der Waals surface area contributed by atoms with Crippen LogP contribution in [0.2, 0.25) is 5.02 Å². The van der Waals surface area contributed by atoms with Crippen molar-refractivity contribution < 1.29 is 9.53 Å². The number of amides is 1. The van der Waals surface area contributed by atoms with Gasteiger partial charge >= 0.3 is 0 Å². The third-order valence-corrected chi connectivity index (χ3v) is 3.76. The van der Waals surface area contributed by atoms with Crippen molar-refractivity contribution >= 4 is 17.5 Å². The summed E-state index contributed by atoms with van der Waals surface area (Å²) >= 11 is 6.22. The predicted octanol–water partition coefficient (Wildman–Crippen LogP) is 2.84. The zero-order valence-corrected chi connectivity index (χ0v) is 13.4. The number of rotatable bonds is 8. The van der Waals surface area contributed by atoms with Crippen molar-refractivity contribution in [2.75, 3.05) is 20.7 Å². The van der Waals surface area contributed by atoms with Crippen LogP contribution in [0.15, 0.2) is 18.2 Å². The highest BCUT2D eigenvalue weighted by Gasteiger charge is 2.20. The number of nitrogens with zero attached hydrogens (tertiary/aromatic N) is 1. The molecule has 0 aromatic heterocycles. The van der Waals surface area contributed by atoms with E-state index in [2.05, 4.69) is 5.32 Å². The first-order valence-electron chi connectivity index (χ1n) is 7.41. The van der Waals surface area contributed by atoms with E-state index in [0.29, 0.717) is 36.3 Å². The monoisotopic (exact) mass is 310 g/mol. The van der Waals surface area contributed by atoms with Crippen LogP contribution in [0.25, 0.3) is 0 Å². The summed E-state index contributed by atoms with van der Waals surface area (Å²) in [6.45, 7) is 1.35. The average Bonchev–Trinajstić information content (AvgIpc) is 3.26. The zero-order chi connectivity index (χ0) is 15.2. The van der Waals surface area contributed by atoms with Crippen LogP contribution in [-0.2, 0) is 11.3 Å². The Hall–Kier alpha value is -1.26. The highest BCUT2D eigenvalue weighted by molar-refractivity contribution is 6.32. The van der Waals surface area contributed by atoms with Crippen molar-refractivity contribution in [3.8, 4) is 5.75 Å². The number of benzene rings is 1. The highest BCUT2D eigenvalue weighted by atomic mass is 35.5. The second kappa shape index (κ2) is 7.66. The first-order chi connectivity index (χ1) is 10.1. The lowest BCUT2D eigenvalue weighted by molar-refractivity contribution is -0.128. The quantitative estimate of drug-likeness (QED) is 0.751. The molecule has 1 aliphatic carbocycles. The second-order valence-electron chi connectivity index (χ2n) is 5.66. The minimum absolute atomic E-state index is 0.117. The van der Waals surface area contributed by atoms with Crippen LogP contribution in [0.5, 0.6) is 5.75 Å². The molecule has 2 rings (SSSR count). The molecule has 0 bridgehead atoms. The van der Waals surface area contributed by atoms with Crippen molar-refractivity contribution in [2.45, 2.75) is 38.3 Å². The molecule has 0 radical (unpaired) electrons. The molecule has 0 heterocycles. The van der Waals surface area contributed by atoms with E-state index in [4.69, 9.17) is 16.3 Å². The Balaban J connectivity index is 1.73. The number of ether oxygens (including phenoxy) is 1. The van der Waals surface area contributed by atoms with Gasteiger partial charge in [-0.05, 0) is 37.0 Å². The van der Waals surface area contributed by atoms with Gasteiger partial charge in [-0.25, -0.2) is 0 Å². The second-order valence-corrected chi connectivity index (χ2v) is 6.07. The predicted molar refractivity (Wildman–Crippen MR) is 84.7 cm³/mol. The maximum Gasteiger partial charge on any atom is 0.222 e. The first-order valence-corrected chi connectivity index (χ1v) is 7.79. The van der Waals surface area contributed by atoms with Crippen LogP contribution < -0.4 is 10.1 Å². The summed E-state index contributed by atoms with van der Waals surface area (Å²) in [6.07, 6.45) is 3.74. The standard InChI is InChI=1S/C16H23ClN2O2/c1-19(2)16(20)4-3-9-21-15-8-5-12(10-14(15)17)11-18-13-6-7-13/h5,8,10,13,18H,3-4,6-7,9,11H2,1-2H3. The summed E-state index contributed by atoms with van der Waals surface area (Å²) in [5.74, 6) is 0.801. The van der Waals surface area contributed by atoms with E-state index >= 15 is 0 Å². The Kier molecular flexibility index (Phi) is 5.88. The Morgan fingerprint density at radius 1 is 1.43 bits per heavy atom. The lowest BCUT2D eigenvalue weighted by atomic mass is 10.2. The van der Waals surface area contributed by atoms with Gasteiger partial charge in [-0.15, -0.1) is 0 Å². The molecule has 1 saturated carbocycles. The first kappa shape index (κ1) is 16.1. The SMILES string of the molecule is CN(C)C(=O)CCCOc1ccc(CNC2CC2)cc1Cl. The highest BCUT2D eigenvalue weighted by Crippen LogP contribution is 2.26. The summed E-state index contributed by atoms with van der Waals surface area (Å²) in [5.41, 5.74) is 1.17. The van der Waals surface area contributed by atoms with Gasteiger partial charge in [0, 0.05) is 33.1 Å². The Morgan fingerprint density at radius 2 is 2.19 bits per heavy atom. The number of hydrogen-bond acceptors (Lipinski definition) is 3. The minimum atomic E-state index is 0.117. The van der Waals surface area contributed by atoms with Gasteiger partial charge in [0.2, 0.25) is 5.91 Å². The van der Waals surface area contributed by atoms with Crippen molar-refractivity contribution in [2.24, 2.45) is 0 Å². The van der Waals surface area contributed by atoms with Crippen LogP contribution >= 0.6 is 11.6 Å². The minimum Gasteiger partial charge on any atom is -0.492 e. The molecule has 1 N–H and O–H groups in total. The summed E-state index contributed by atoms with van der Waals surface area (Å²) < 4.78 is 5.64. The Morgan fingerprint density at radius 3 is 2.81 bits per heavy atom. The summed E-state index contributed by atoms with van der Waals surface area (Å²) in [5, 5.41) is 4.08. The molecule has 116 valence electrons. The normalized spacial score (nSPS) is 14.0. The third kappa shape index (κ3) is 5.56. The molecule has 0 saturated heterocycles. The molecule has 21 heavy (non-hydrogen) atoms. The topological polar surface area (TPSA) is 41.6 Å². The number of nitrogens with one attached hydrogen (secondary N) is 1. The molecule has 1 amide bonds. The van der Waals surface area contributed by atoms with E-state index in [1.807, 2.05) is 18.2 Å². The van der Waals surface area contributed by atoms with E-state index in [1.165, 1.54) is 18.4 Å². The molecule has 0 aliphatic heterocycles. The molecule has 1 aromatic carbocycles. The van der Waals surface area contributed by atoms with E-state index in [-0.39, 0.29) is 5.91 Å². The molecular formula is C16H23ClN2O2. The van der Waals surface area contributed by atoms with Gasteiger partial charge in [0.15, 0.2) is 0 Å². The lowest BCUT2D eigenvalue weighted by Gasteiger charge is -2.12. The van der Waals surface area contributed by atoms with Gasteiger partial charge < -0.3 is 15.0 Å². The Bertz CT molecular complexity index is 487. The fourth-order valence-electron chi connectivity index (χ4n) is 1.95. The van der Waals surface area contributed by atoms with E-state index in [0.717, 1.165) is 6.54 Å². The molecular weight excluding hydrogens is 288 g/mol. The van der Waals surface area contributed by atoms with Crippen molar-refractivity contribution in [3.63, 3.8) is 0 Å². The van der Waals surface area contributed by atoms with Crippen LogP contribution in [0, 0.1) is 0 Å². The van der Waals surface area contributed by atoms with Gasteiger partial charge in [-0.1, -0.05) is 17.7 Å². The van der Waals surface area contributed by atoms with Crippen molar-refractivity contribution in [3.05, 3.63) is 28.8 Å². The maximum atomic E-state index is 11.4. The largest absolute Gasteiger partial charge is 0.492 e. The molecule has 1 aromatic rings. The molecule has 5 heteroatoms. The number of halogens is 1.